The molecule has 2 N–H and O–H groups in total. The molecule has 0 amide bonds. The van der Waals surface area contributed by atoms with E-state index in [1.54, 1.807) is 6.20 Å². The SMILES string of the molecule is CCc1ccc(CC(N)c2ncccc2Br)s1. The quantitative estimate of drug-likeness (QED) is 0.935. The molecule has 0 spiro atoms. The van der Waals surface area contributed by atoms with E-state index >= 15 is 0 Å². The van der Waals surface area contributed by atoms with Crippen molar-refractivity contribution in [1.82, 2.24) is 4.98 Å². The largest absolute Gasteiger partial charge is 0.322 e. The van der Waals surface area contributed by atoms with Crippen LogP contribution in [0.4, 0.5) is 0 Å². The van der Waals surface area contributed by atoms with E-state index in [0.717, 1.165) is 23.0 Å². The topological polar surface area (TPSA) is 38.9 Å². The van der Waals surface area contributed by atoms with Gasteiger partial charge in [0.1, 0.15) is 0 Å². The van der Waals surface area contributed by atoms with Crippen LogP contribution < -0.4 is 5.73 Å². The van der Waals surface area contributed by atoms with E-state index in [1.165, 1.54) is 9.75 Å². The van der Waals surface area contributed by atoms with Gasteiger partial charge in [-0.2, -0.15) is 0 Å². The Bertz CT molecular complexity index is 496. The standard InChI is InChI=1S/C13H15BrN2S/c1-2-9-5-6-10(17-9)8-12(15)13-11(14)4-3-7-16-13/h3-7,12H,2,8,15H2,1H3. The minimum absolute atomic E-state index is 0.0473. The summed E-state index contributed by atoms with van der Waals surface area (Å²) in [6.45, 7) is 2.17. The molecule has 0 aliphatic carbocycles. The highest BCUT2D eigenvalue weighted by Crippen LogP contribution is 2.25. The Kier molecular flexibility index (Phi) is 4.31. The van der Waals surface area contributed by atoms with Crippen molar-refractivity contribution in [3.8, 4) is 0 Å². The van der Waals surface area contributed by atoms with Gasteiger partial charge in [-0.1, -0.05) is 6.92 Å². The smallest absolute Gasteiger partial charge is 0.0716 e. The molecule has 2 rings (SSSR count). The van der Waals surface area contributed by atoms with Crippen LogP contribution in [0.5, 0.6) is 0 Å². The number of pyridine rings is 1. The predicted molar refractivity (Wildman–Crippen MR) is 76.3 cm³/mol. The summed E-state index contributed by atoms with van der Waals surface area (Å²) in [6.07, 6.45) is 3.72. The first-order valence-electron chi connectivity index (χ1n) is 5.64. The van der Waals surface area contributed by atoms with E-state index in [0.29, 0.717) is 0 Å². The summed E-state index contributed by atoms with van der Waals surface area (Å²) < 4.78 is 0.986. The maximum absolute atomic E-state index is 6.19. The fourth-order valence-corrected chi connectivity index (χ4v) is 3.27. The first-order chi connectivity index (χ1) is 8.20. The van der Waals surface area contributed by atoms with Gasteiger partial charge in [0, 0.05) is 26.8 Å². The number of nitrogens with zero attached hydrogens (tertiary/aromatic N) is 1. The molecule has 0 saturated carbocycles. The second-order valence-corrected chi connectivity index (χ2v) is 6.01. The second-order valence-electron chi connectivity index (χ2n) is 3.90. The third-order valence-corrected chi connectivity index (χ3v) is 4.55. The van der Waals surface area contributed by atoms with Crippen molar-refractivity contribution >= 4 is 27.3 Å². The van der Waals surface area contributed by atoms with Crippen LogP contribution in [0.25, 0.3) is 0 Å². The average Bonchev–Trinajstić information content (AvgIpc) is 2.77. The van der Waals surface area contributed by atoms with Gasteiger partial charge in [0.2, 0.25) is 0 Å². The van der Waals surface area contributed by atoms with E-state index in [4.69, 9.17) is 5.73 Å². The zero-order chi connectivity index (χ0) is 12.3. The number of hydrogen-bond donors (Lipinski definition) is 1. The molecule has 2 aromatic heterocycles. The van der Waals surface area contributed by atoms with Crippen LogP contribution in [0.15, 0.2) is 34.9 Å². The van der Waals surface area contributed by atoms with E-state index in [1.807, 2.05) is 23.5 Å². The minimum atomic E-state index is -0.0473. The summed E-state index contributed by atoms with van der Waals surface area (Å²) in [6, 6.07) is 8.18. The van der Waals surface area contributed by atoms with Crippen LogP contribution in [-0.2, 0) is 12.8 Å². The van der Waals surface area contributed by atoms with Gasteiger partial charge in [-0.3, -0.25) is 4.98 Å². The number of aryl methyl sites for hydroxylation is 1. The zero-order valence-electron chi connectivity index (χ0n) is 9.69. The number of rotatable bonds is 4. The lowest BCUT2D eigenvalue weighted by molar-refractivity contribution is 0.699. The monoisotopic (exact) mass is 310 g/mol. The van der Waals surface area contributed by atoms with Crippen LogP contribution >= 0.6 is 27.3 Å². The normalized spacial score (nSPS) is 12.6. The van der Waals surface area contributed by atoms with Gasteiger partial charge < -0.3 is 5.73 Å². The first kappa shape index (κ1) is 12.7. The summed E-state index contributed by atoms with van der Waals surface area (Å²) in [4.78, 5) is 7.07. The highest BCUT2D eigenvalue weighted by Gasteiger charge is 2.12. The zero-order valence-corrected chi connectivity index (χ0v) is 12.1. The molecule has 0 aliphatic rings. The Morgan fingerprint density at radius 3 is 2.76 bits per heavy atom. The molecular formula is C13H15BrN2S. The fourth-order valence-electron chi connectivity index (χ4n) is 1.71. The maximum Gasteiger partial charge on any atom is 0.0716 e. The molecule has 2 nitrogen and oxygen atoms in total. The van der Waals surface area contributed by atoms with Crippen LogP contribution in [0.1, 0.15) is 28.4 Å². The lowest BCUT2D eigenvalue weighted by atomic mass is 10.1. The van der Waals surface area contributed by atoms with E-state index in [2.05, 4.69) is 40.0 Å². The van der Waals surface area contributed by atoms with Crippen molar-refractivity contribution in [2.75, 3.05) is 0 Å². The summed E-state index contributed by atoms with van der Waals surface area (Å²) in [7, 11) is 0. The predicted octanol–water partition coefficient (Wildman–Crippen LogP) is 3.71. The van der Waals surface area contributed by atoms with Crippen molar-refractivity contribution in [2.24, 2.45) is 5.73 Å². The number of halogens is 1. The summed E-state index contributed by atoms with van der Waals surface area (Å²) in [5, 5.41) is 0. The van der Waals surface area contributed by atoms with Gasteiger partial charge in [-0.15, -0.1) is 11.3 Å². The third-order valence-electron chi connectivity index (χ3n) is 2.63. The molecule has 0 aromatic carbocycles. The van der Waals surface area contributed by atoms with Gasteiger partial charge in [0.25, 0.3) is 0 Å². The Morgan fingerprint density at radius 2 is 2.12 bits per heavy atom. The minimum Gasteiger partial charge on any atom is -0.322 e. The highest BCUT2D eigenvalue weighted by molar-refractivity contribution is 9.10. The van der Waals surface area contributed by atoms with Crippen molar-refractivity contribution in [3.05, 3.63) is 50.4 Å². The van der Waals surface area contributed by atoms with Crippen molar-refractivity contribution < 1.29 is 0 Å². The van der Waals surface area contributed by atoms with Crippen LogP contribution in [0, 0.1) is 0 Å². The highest BCUT2D eigenvalue weighted by atomic mass is 79.9. The van der Waals surface area contributed by atoms with Gasteiger partial charge in [0.15, 0.2) is 0 Å². The molecular weight excluding hydrogens is 296 g/mol. The van der Waals surface area contributed by atoms with Crippen LogP contribution in [-0.4, -0.2) is 4.98 Å². The van der Waals surface area contributed by atoms with Crippen molar-refractivity contribution in [1.29, 1.82) is 0 Å². The molecule has 2 heterocycles. The molecule has 0 fully saturated rings. The average molecular weight is 311 g/mol. The van der Waals surface area contributed by atoms with E-state index < -0.39 is 0 Å². The second kappa shape index (κ2) is 5.76. The lowest BCUT2D eigenvalue weighted by Gasteiger charge is -2.11. The van der Waals surface area contributed by atoms with Gasteiger partial charge >= 0.3 is 0 Å². The summed E-state index contributed by atoms with van der Waals surface area (Å²) in [5.41, 5.74) is 7.12. The lowest BCUT2D eigenvalue weighted by Crippen LogP contribution is -2.14. The summed E-state index contributed by atoms with van der Waals surface area (Å²) >= 11 is 5.33. The number of aromatic nitrogens is 1. The first-order valence-corrected chi connectivity index (χ1v) is 7.25. The Balaban J connectivity index is 2.11. The number of thiophene rings is 1. The summed E-state index contributed by atoms with van der Waals surface area (Å²) in [5.74, 6) is 0. The van der Waals surface area contributed by atoms with E-state index in [-0.39, 0.29) is 6.04 Å². The molecule has 1 unspecified atom stereocenters. The maximum atomic E-state index is 6.19. The van der Waals surface area contributed by atoms with Crippen molar-refractivity contribution in [2.45, 2.75) is 25.8 Å². The fraction of sp³-hybridized carbons (Fsp3) is 0.308. The van der Waals surface area contributed by atoms with Crippen LogP contribution in [0.2, 0.25) is 0 Å². The Labute approximate surface area is 114 Å². The van der Waals surface area contributed by atoms with Gasteiger partial charge in [-0.25, -0.2) is 0 Å². The number of nitrogens with two attached hydrogens (primary N) is 1. The Hall–Kier alpha value is -0.710. The Morgan fingerprint density at radius 1 is 1.35 bits per heavy atom. The number of hydrogen-bond acceptors (Lipinski definition) is 3. The van der Waals surface area contributed by atoms with E-state index in [9.17, 15) is 0 Å². The molecule has 0 saturated heterocycles. The molecule has 0 radical (unpaired) electrons. The molecule has 0 aliphatic heterocycles. The van der Waals surface area contributed by atoms with Gasteiger partial charge in [0.05, 0.1) is 11.7 Å². The van der Waals surface area contributed by atoms with Gasteiger partial charge in [-0.05, 0) is 46.6 Å². The molecule has 0 bridgehead atoms. The van der Waals surface area contributed by atoms with Crippen LogP contribution in [0.3, 0.4) is 0 Å². The molecule has 90 valence electrons. The molecule has 2 aromatic rings. The molecule has 17 heavy (non-hydrogen) atoms. The third kappa shape index (κ3) is 3.15. The molecule has 4 heteroatoms. The molecule has 1 atom stereocenters. The van der Waals surface area contributed by atoms with Crippen molar-refractivity contribution in [3.63, 3.8) is 0 Å².